The lowest BCUT2D eigenvalue weighted by Gasteiger charge is -2.33. The molecule has 0 atom stereocenters. The van der Waals surface area contributed by atoms with Crippen molar-refractivity contribution in [3.05, 3.63) is 77.9 Å². The van der Waals surface area contributed by atoms with Crippen molar-refractivity contribution in [2.24, 2.45) is 5.92 Å². The lowest BCUT2D eigenvalue weighted by atomic mass is 9.94. The van der Waals surface area contributed by atoms with Crippen molar-refractivity contribution in [3.63, 3.8) is 0 Å². The lowest BCUT2D eigenvalue weighted by Crippen LogP contribution is -2.42. The molecule has 3 aromatic carbocycles. The van der Waals surface area contributed by atoms with Crippen LogP contribution in [0.2, 0.25) is 0 Å². The highest BCUT2D eigenvalue weighted by Gasteiger charge is 2.32. The van der Waals surface area contributed by atoms with E-state index in [1.54, 1.807) is 0 Å². The van der Waals surface area contributed by atoms with Crippen molar-refractivity contribution in [1.82, 2.24) is 4.90 Å². The molecule has 3 heteroatoms. The van der Waals surface area contributed by atoms with Crippen LogP contribution in [0.5, 0.6) is 0 Å². The van der Waals surface area contributed by atoms with E-state index in [0.717, 1.165) is 51.1 Å². The zero-order chi connectivity index (χ0) is 18.9. The quantitative estimate of drug-likeness (QED) is 0.670. The highest BCUT2D eigenvalue weighted by atomic mass is 16.2. The summed E-state index contributed by atoms with van der Waals surface area (Å²) in [7, 11) is 0. The minimum Gasteiger partial charge on any atom is -0.312 e. The first kappa shape index (κ1) is 17.4. The van der Waals surface area contributed by atoms with Gasteiger partial charge in [0.15, 0.2) is 0 Å². The van der Waals surface area contributed by atoms with Gasteiger partial charge in [0, 0.05) is 24.7 Å². The van der Waals surface area contributed by atoms with E-state index < -0.39 is 0 Å². The molecule has 28 heavy (non-hydrogen) atoms. The third-order valence-corrected chi connectivity index (χ3v) is 6.36. The van der Waals surface area contributed by atoms with Crippen molar-refractivity contribution in [3.8, 4) is 0 Å². The number of para-hydroxylation sites is 1. The fourth-order valence-electron chi connectivity index (χ4n) is 4.80. The second kappa shape index (κ2) is 7.40. The van der Waals surface area contributed by atoms with Crippen LogP contribution in [0.1, 0.15) is 24.0 Å². The number of piperidine rings is 1. The molecule has 2 aliphatic heterocycles. The van der Waals surface area contributed by atoms with Crippen molar-refractivity contribution < 1.29 is 4.79 Å². The van der Waals surface area contributed by atoms with Crippen LogP contribution in [0.15, 0.2) is 66.7 Å². The van der Waals surface area contributed by atoms with Gasteiger partial charge in [0.2, 0.25) is 5.91 Å². The standard InChI is InChI=1S/C25H26N2O/c28-25(27-17-14-20-7-2-4-11-24(20)27)21-12-15-26(16-13-21)18-22-9-5-8-19-6-1-3-10-23(19)22/h1-11,21H,12-18H2. The molecular formula is C25H26N2O. The van der Waals surface area contributed by atoms with E-state index in [0.29, 0.717) is 5.91 Å². The number of anilines is 1. The Labute approximate surface area is 166 Å². The lowest BCUT2D eigenvalue weighted by molar-refractivity contribution is -0.123. The van der Waals surface area contributed by atoms with Gasteiger partial charge in [0.1, 0.15) is 0 Å². The molecule has 3 aromatic rings. The first-order valence-electron chi connectivity index (χ1n) is 10.4. The first-order chi connectivity index (χ1) is 13.8. The van der Waals surface area contributed by atoms with Crippen molar-refractivity contribution in [2.45, 2.75) is 25.8 Å². The minimum absolute atomic E-state index is 0.162. The van der Waals surface area contributed by atoms with Crippen LogP contribution >= 0.6 is 0 Å². The highest BCUT2D eigenvalue weighted by molar-refractivity contribution is 5.97. The van der Waals surface area contributed by atoms with Crippen LogP contribution in [0.3, 0.4) is 0 Å². The van der Waals surface area contributed by atoms with Gasteiger partial charge in [-0.15, -0.1) is 0 Å². The molecule has 0 radical (unpaired) electrons. The first-order valence-corrected chi connectivity index (χ1v) is 10.4. The molecule has 0 unspecified atom stereocenters. The molecule has 1 saturated heterocycles. The Morgan fingerprint density at radius 3 is 2.50 bits per heavy atom. The SMILES string of the molecule is O=C(C1CCN(Cc2cccc3ccccc23)CC1)N1CCc2ccccc21. The van der Waals surface area contributed by atoms with Gasteiger partial charge >= 0.3 is 0 Å². The number of carbonyl (C=O) groups is 1. The Bertz CT molecular complexity index is 999. The number of hydrogen-bond acceptors (Lipinski definition) is 2. The predicted octanol–water partition coefficient (Wildman–Crippen LogP) is 4.64. The zero-order valence-corrected chi connectivity index (χ0v) is 16.2. The average molecular weight is 370 g/mol. The smallest absolute Gasteiger partial charge is 0.230 e. The largest absolute Gasteiger partial charge is 0.312 e. The van der Waals surface area contributed by atoms with Crippen LogP contribution < -0.4 is 4.90 Å². The fourth-order valence-corrected chi connectivity index (χ4v) is 4.80. The van der Waals surface area contributed by atoms with Gasteiger partial charge in [-0.05, 0) is 60.3 Å². The topological polar surface area (TPSA) is 23.6 Å². The maximum Gasteiger partial charge on any atom is 0.230 e. The van der Waals surface area contributed by atoms with E-state index in [1.807, 2.05) is 11.0 Å². The predicted molar refractivity (Wildman–Crippen MR) is 114 cm³/mol. The van der Waals surface area contributed by atoms with Gasteiger partial charge in [0.05, 0.1) is 0 Å². The number of fused-ring (bicyclic) bond motifs is 2. The van der Waals surface area contributed by atoms with E-state index in [-0.39, 0.29) is 5.92 Å². The third-order valence-electron chi connectivity index (χ3n) is 6.36. The Morgan fingerprint density at radius 2 is 1.61 bits per heavy atom. The number of benzene rings is 3. The summed E-state index contributed by atoms with van der Waals surface area (Å²) in [6, 6.07) is 23.5. The monoisotopic (exact) mass is 370 g/mol. The Balaban J connectivity index is 1.24. The maximum atomic E-state index is 13.1. The summed E-state index contributed by atoms with van der Waals surface area (Å²) in [5.41, 5.74) is 3.83. The molecule has 0 bridgehead atoms. The van der Waals surface area contributed by atoms with Crippen LogP contribution in [-0.2, 0) is 17.8 Å². The fraction of sp³-hybridized carbons (Fsp3) is 0.320. The van der Waals surface area contributed by atoms with Gasteiger partial charge in [-0.3, -0.25) is 9.69 Å². The summed E-state index contributed by atoms with van der Waals surface area (Å²) >= 11 is 0. The Kier molecular flexibility index (Phi) is 4.61. The molecule has 142 valence electrons. The second-order valence-corrected chi connectivity index (χ2v) is 8.06. The van der Waals surface area contributed by atoms with Gasteiger partial charge < -0.3 is 4.90 Å². The molecule has 0 aromatic heterocycles. The molecule has 2 heterocycles. The number of hydrogen-bond donors (Lipinski definition) is 0. The zero-order valence-electron chi connectivity index (χ0n) is 16.2. The van der Waals surface area contributed by atoms with Gasteiger partial charge in [-0.25, -0.2) is 0 Å². The van der Waals surface area contributed by atoms with Crippen LogP contribution in [0.4, 0.5) is 5.69 Å². The second-order valence-electron chi connectivity index (χ2n) is 8.06. The normalized spacial score (nSPS) is 17.8. The molecule has 0 spiro atoms. The van der Waals surface area contributed by atoms with E-state index in [4.69, 9.17) is 0 Å². The van der Waals surface area contributed by atoms with Crippen LogP contribution in [-0.4, -0.2) is 30.4 Å². The third kappa shape index (κ3) is 3.20. The Hall–Kier alpha value is -2.65. The molecular weight excluding hydrogens is 344 g/mol. The molecule has 2 aliphatic rings. The summed E-state index contributed by atoms with van der Waals surface area (Å²) < 4.78 is 0. The van der Waals surface area contributed by atoms with E-state index >= 15 is 0 Å². The van der Waals surface area contributed by atoms with Crippen LogP contribution in [0.25, 0.3) is 10.8 Å². The maximum absolute atomic E-state index is 13.1. The van der Waals surface area contributed by atoms with Crippen LogP contribution in [0, 0.1) is 5.92 Å². The van der Waals surface area contributed by atoms with E-state index in [9.17, 15) is 4.79 Å². The summed E-state index contributed by atoms with van der Waals surface area (Å²) in [5.74, 6) is 0.490. The molecule has 0 aliphatic carbocycles. The number of nitrogens with zero attached hydrogens (tertiary/aromatic N) is 2. The summed E-state index contributed by atoms with van der Waals surface area (Å²) in [6.07, 6.45) is 2.91. The van der Waals surface area contributed by atoms with Gasteiger partial charge in [-0.1, -0.05) is 60.7 Å². The molecule has 0 N–H and O–H groups in total. The van der Waals surface area contributed by atoms with E-state index in [2.05, 4.69) is 65.6 Å². The summed E-state index contributed by atoms with van der Waals surface area (Å²) in [4.78, 5) is 17.6. The van der Waals surface area contributed by atoms with Gasteiger partial charge in [0.25, 0.3) is 0 Å². The average Bonchev–Trinajstić information content (AvgIpc) is 3.18. The minimum atomic E-state index is 0.162. The Morgan fingerprint density at radius 1 is 0.857 bits per heavy atom. The number of likely N-dealkylation sites (tertiary alicyclic amines) is 1. The number of rotatable bonds is 3. The summed E-state index contributed by atoms with van der Waals surface area (Å²) in [6.45, 7) is 3.80. The van der Waals surface area contributed by atoms with Gasteiger partial charge in [-0.2, -0.15) is 0 Å². The number of carbonyl (C=O) groups excluding carboxylic acids is 1. The molecule has 5 rings (SSSR count). The molecule has 0 saturated carbocycles. The highest BCUT2D eigenvalue weighted by Crippen LogP contribution is 2.31. The van der Waals surface area contributed by atoms with Crippen molar-refractivity contribution in [2.75, 3.05) is 24.5 Å². The molecule has 1 fully saturated rings. The molecule has 3 nitrogen and oxygen atoms in total. The van der Waals surface area contributed by atoms with E-state index in [1.165, 1.54) is 21.9 Å². The van der Waals surface area contributed by atoms with Crippen molar-refractivity contribution >= 4 is 22.4 Å². The number of amides is 1. The molecule has 1 amide bonds. The van der Waals surface area contributed by atoms with Crippen molar-refractivity contribution in [1.29, 1.82) is 0 Å². The summed E-state index contributed by atoms with van der Waals surface area (Å²) in [5, 5.41) is 2.65.